The Kier molecular flexibility index (Phi) is 10.1. The van der Waals surface area contributed by atoms with Crippen molar-refractivity contribution < 1.29 is 36.5 Å². The average Bonchev–Trinajstić information content (AvgIpc) is 1.72. The minimum Gasteiger partial charge on any atom is -1.00 e. The van der Waals surface area contributed by atoms with Crippen molar-refractivity contribution >= 4 is 0 Å². The molecule has 0 bridgehead atoms. The second-order valence-electron chi connectivity index (χ2n) is 1.02. The molecule has 0 N–H and O–H groups in total. The minimum atomic E-state index is 0. The predicted octanol–water partition coefficient (Wildman–Crippen LogP) is -1.92. The zero-order valence-corrected chi connectivity index (χ0v) is 8.97. The second-order valence-corrected chi connectivity index (χ2v) is 1.02. The van der Waals surface area contributed by atoms with Gasteiger partial charge in [0, 0.05) is 31.9 Å². The number of nitrogens with zero attached hydrogens (tertiary/aromatic N) is 1. The van der Waals surface area contributed by atoms with Gasteiger partial charge in [-0.1, -0.05) is 6.07 Å². The van der Waals surface area contributed by atoms with Crippen molar-refractivity contribution in [1.82, 2.24) is 4.98 Å². The van der Waals surface area contributed by atoms with E-state index < -0.39 is 0 Å². The van der Waals surface area contributed by atoms with Crippen LogP contribution in [0.3, 0.4) is 0 Å². The van der Waals surface area contributed by atoms with E-state index in [-0.39, 0.29) is 36.5 Å². The molecule has 0 aliphatic heterocycles. The molecular formula is C5H5BrNZn-. The van der Waals surface area contributed by atoms with Gasteiger partial charge in [0.25, 0.3) is 0 Å². The van der Waals surface area contributed by atoms with Gasteiger partial charge in [0.15, 0.2) is 0 Å². The van der Waals surface area contributed by atoms with Gasteiger partial charge in [-0.05, 0) is 12.1 Å². The van der Waals surface area contributed by atoms with Gasteiger partial charge < -0.3 is 17.0 Å². The topological polar surface area (TPSA) is 12.9 Å². The second kappa shape index (κ2) is 7.25. The Morgan fingerprint density at radius 1 is 0.875 bits per heavy atom. The predicted molar refractivity (Wildman–Crippen MR) is 24.2 cm³/mol. The molecule has 0 amide bonds. The molecule has 3 heteroatoms. The summed E-state index contributed by atoms with van der Waals surface area (Å²) in [5.74, 6) is 0. The van der Waals surface area contributed by atoms with Crippen LogP contribution in [0.15, 0.2) is 30.6 Å². The summed E-state index contributed by atoms with van der Waals surface area (Å²) in [6.07, 6.45) is 3.50. The van der Waals surface area contributed by atoms with Crippen LogP contribution in [0.2, 0.25) is 0 Å². The number of rotatable bonds is 0. The van der Waals surface area contributed by atoms with E-state index in [4.69, 9.17) is 0 Å². The van der Waals surface area contributed by atoms with Gasteiger partial charge >= 0.3 is 0 Å². The maximum atomic E-state index is 3.78. The van der Waals surface area contributed by atoms with Crippen LogP contribution in [0.5, 0.6) is 0 Å². The van der Waals surface area contributed by atoms with Crippen LogP contribution in [0.1, 0.15) is 0 Å². The molecular weight excluding hydrogens is 219 g/mol. The van der Waals surface area contributed by atoms with Gasteiger partial charge in [0.2, 0.25) is 0 Å². The summed E-state index contributed by atoms with van der Waals surface area (Å²) in [6.45, 7) is 0. The first-order valence-corrected chi connectivity index (χ1v) is 1.85. The molecule has 0 saturated heterocycles. The monoisotopic (exact) mass is 222 g/mol. The summed E-state index contributed by atoms with van der Waals surface area (Å²) in [5, 5.41) is 0. The molecule has 0 atom stereocenters. The summed E-state index contributed by atoms with van der Waals surface area (Å²) in [6, 6.07) is 5.72. The first-order valence-electron chi connectivity index (χ1n) is 1.85. The Labute approximate surface area is 72.0 Å². The van der Waals surface area contributed by atoms with Crippen LogP contribution in [-0.2, 0) is 19.5 Å². The number of pyridine rings is 1. The van der Waals surface area contributed by atoms with Crippen LogP contribution in [-0.4, -0.2) is 4.98 Å². The van der Waals surface area contributed by atoms with Gasteiger partial charge in [0.05, 0.1) is 0 Å². The first-order chi connectivity index (χ1) is 3.00. The smallest absolute Gasteiger partial charge is 0.0267 e. The Hall–Kier alpha value is 0.253. The van der Waals surface area contributed by atoms with Gasteiger partial charge in [-0.25, -0.2) is 0 Å². The van der Waals surface area contributed by atoms with Gasteiger partial charge in [-0.2, -0.15) is 0 Å². The summed E-state index contributed by atoms with van der Waals surface area (Å²) in [4.78, 5) is 3.78. The zero-order chi connectivity index (χ0) is 4.24. The number of hydrogen-bond donors (Lipinski definition) is 0. The van der Waals surface area contributed by atoms with Crippen molar-refractivity contribution in [2.45, 2.75) is 0 Å². The van der Waals surface area contributed by atoms with Gasteiger partial charge in [-0.15, -0.1) is 0 Å². The molecule has 0 radical (unpaired) electrons. The fourth-order valence-electron chi connectivity index (χ4n) is 0.313. The van der Waals surface area contributed by atoms with E-state index >= 15 is 0 Å². The van der Waals surface area contributed by atoms with Gasteiger partial charge in [-0.3, -0.25) is 4.98 Å². The van der Waals surface area contributed by atoms with Crippen molar-refractivity contribution in [3.05, 3.63) is 30.6 Å². The quantitative estimate of drug-likeness (QED) is 0.468. The SMILES string of the molecule is [Br-].[Zn].c1ccncc1. The van der Waals surface area contributed by atoms with Crippen molar-refractivity contribution in [2.75, 3.05) is 0 Å². The van der Waals surface area contributed by atoms with Crippen LogP contribution < -0.4 is 17.0 Å². The molecule has 0 aliphatic carbocycles. The molecule has 0 saturated carbocycles. The molecule has 1 aromatic rings. The maximum Gasteiger partial charge on any atom is 0.0267 e. The third-order valence-corrected chi connectivity index (χ3v) is 0.566. The van der Waals surface area contributed by atoms with Crippen molar-refractivity contribution in [3.8, 4) is 0 Å². The van der Waals surface area contributed by atoms with Gasteiger partial charge in [0.1, 0.15) is 0 Å². The van der Waals surface area contributed by atoms with Crippen LogP contribution >= 0.6 is 0 Å². The van der Waals surface area contributed by atoms with Crippen LogP contribution in [0, 0.1) is 0 Å². The first kappa shape index (κ1) is 11.1. The van der Waals surface area contributed by atoms with Crippen molar-refractivity contribution in [1.29, 1.82) is 0 Å². The van der Waals surface area contributed by atoms with E-state index in [1.807, 2.05) is 18.2 Å². The van der Waals surface area contributed by atoms with Crippen LogP contribution in [0.4, 0.5) is 0 Å². The molecule has 1 aromatic heterocycles. The Bertz CT molecular complexity index is 84.4. The molecule has 0 unspecified atom stereocenters. The molecule has 40 valence electrons. The normalized spacial score (nSPS) is 6.00. The Morgan fingerprint density at radius 3 is 1.50 bits per heavy atom. The minimum absolute atomic E-state index is 0. The summed E-state index contributed by atoms with van der Waals surface area (Å²) in [7, 11) is 0. The fourth-order valence-corrected chi connectivity index (χ4v) is 0.313. The molecule has 0 spiro atoms. The molecule has 1 rings (SSSR count). The van der Waals surface area contributed by atoms with E-state index in [9.17, 15) is 0 Å². The van der Waals surface area contributed by atoms with Crippen molar-refractivity contribution in [2.24, 2.45) is 0 Å². The Morgan fingerprint density at radius 2 is 1.38 bits per heavy atom. The third kappa shape index (κ3) is 4.41. The van der Waals surface area contributed by atoms with E-state index in [2.05, 4.69) is 4.98 Å². The average molecular weight is 224 g/mol. The molecule has 1 nitrogen and oxygen atoms in total. The van der Waals surface area contributed by atoms with E-state index in [0.717, 1.165) is 0 Å². The molecule has 0 aromatic carbocycles. The van der Waals surface area contributed by atoms with E-state index in [1.165, 1.54) is 0 Å². The number of halogens is 1. The van der Waals surface area contributed by atoms with E-state index in [1.54, 1.807) is 12.4 Å². The van der Waals surface area contributed by atoms with Crippen LogP contribution in [0.25, 0.3) is 0 Å². The molecule has 0 fully saturated rings. The standard InChI is InChI=1S/C5H5N.BrH.Zn/c1-2-4-6-5-3-1;;/h1-5H;1H;/p-1. The summed E-state index contributed by atoms with van der Waals surface area (Å²) < 4.78 is 0. The van der Waals surface area contributed by atoms with E-state index in [0.29, 0.717) is 0 Å². The molecule has 8 heavy (non-hydrogen) atoms. The summed E-state index contributed by atoms with van der Waals surface area (Å²) in [5.41, 5.74) is 0. The Balaban J connectivity index is 0. The van der Waals surface area contributed by atoms with Crippen molar-refractivity contribution in [3.63, 3.8) is 0 Å². The summed E-state index contributed by atoms with van der Waals surface area (Å²) >= 11 is 0. The fraction of sp³-hybridized carbons (Fsp3) is 0. The zero-order valence-electron chi connectivity index (χ0n) is 4.42. The maximum absolute atomic E-state index is 3.78. The molecule has 0 aliphatic rings. The number of aromatic nitrogens is 1. The third-order valence-electron chi connectivity index (χ3n) is 0.566. The number of hydrogen-bond acceptors (Lipinski definition) is 1. The largest absolute Gasteiger partial charge is 1.00 e. The molecule has 1 heterocycles.